The molecule has 0 radical (unpaired) electrons. The lowest BCUT2D eigenvalue weighted by atomic mass is 10.1. The number of nitrogens with zero attached hydrogens (tertiary/aromatic N) is 2. The molecule has 2 atom stereocenters. The van der Waals surface area contributed by atoms with E-state index >= 15 is 0 Å². The average Bonchev–Trinajstić information content (AvgIpc) is 3.24. The van der Waals surface area contributed by atoms with Gasteiger partial charge in [0.05, 0.1) is 6.10 Å². The minimum atomic E-state index is 0.246. The Morgan fingerprint density at radius 1 is 1.36 bits per heavy atom. The topological polar surface area (TPSA) is 42.4 Å². The van der Waals surface area contributed by atoms with E-state index in [1.54, 1.807) is 12.4 Å². The van der Waals surface area contributed by atoms with E-state index in [4.69, 9.17) is 4.74 Å². The zero-order valence-corrected chi connectivity index (χ0v) is 13.8. The van der Waals surface area contributed by atoms with Crippen LogP contribution in [-0.4, -0.2) is 52.6 Å². The molecule has 0 unspecified atom stereocenters. The molecule has 0 N–H and O–H groups in total. The molecule has 22 heavy (non-hydrogen) atoms. The zero-order valence-electron chi connectivity index (χ0n) is 12.9. The molecule has 0 saturated carbocycles. The number of aromatic nitrogens is 1. The van der Waals surface area contributed by atoms with Crippen molar-refractivity contribution in [3.63, 3.8) is 0 Å². The summed E-state index contributed by atoms with van der Waals surface area (Å²) < 4.78 is 5.75. The van der Waals surface area contributed by atoms with Crippen LogP contribution in [0.3, 0.4) is 0 Å². The standard InChI is InChI=1S/C17H24N2O2S/c20-17(4-3-14-5-8-18-9-6-14)19(15-7-11-22-13-15)12-16-2-1-10-21-16/h5-6,8-9,15-16H,1-4,7,10-13H2/t15-,16+/m0/s1. The van der Waals surface area contributed by atoms with Crippen LogP contribution in [0.2, 0.25) is 0 Å². The molecule has 0 aromatic carbocycles. The Labute approximate surface area is 136 Å². The highest BCUT2D eigenvalue weighted by Crippen LogP contribution is 2.25. The van der Waals surface area contributed by atoms with Crippen molar-refractivity contribution in [3.05, 3.63) is 30.1 Å². The number of thioether (sulfide) groups is 1. The molecule has 5 heteroatoms. The van der Waals surface area contributed by atoms with Crippen LogP contribution < -0.4 is 0 Å². The number of hydrogen-bond acceptors (Lipinski definition) is 4. The molecule has 0 bridgehead atoms. The highest BCUT2D eigenvalue weighted by Gasteiger charge is 2.30. The second-order valence-corrected chi connectivity index (χ2v) is 7.20. The SMILES string of the molecule is O=C(CCc1ccncc1)N(C[C@H]1CCCO1)[C@H]1CCSC1. The largest absolute Gasteiger partial charge is 0.376 e. The molecule has 2 aliphatic heterocycles. The van der Waals surface area contributed by atoms with Crippen LogP contribution in [0.5, 0.6) is 0 Å². The van der Waals surface area contributed by atoms with Gasteiger partial charge in [-0.25, -0.2) is 0 Å². The predicted octanol–water partition coefficient (Wildman–Crippen LogP) is 2.53. The molecular formula is C17H24N2O2S. The first-order chi connectivity index (χ1) is 10.8. The predicted molar refractivity (Wildman–Crippen MR) is 89.0 cm³/mol. The van der Waals surface area contributed by atoms with Gasteiger partial charge in [0.2, 0.25) is 5.91 Å². The van der Waals surface area contributed by atoms with Gasteiger partial charge in [-0.1, -0.05) is 0 Å². The van der Waals surface area contributed by atoms with Gasteiger partial charge in [-0.05, 0) is 49.1 Å². The molecule has 2 fully saturated rings. The maximum absolute atomic E-state index is 12.7. The Kier molecular flexibility index (Phi) is 5.73. The van der Waals surface area contributed by atoms with Crippen molar-refractivity contribution in [1.29, 1.82) is 0 Å². The molecule has 0 aliphatic carbocycles. The first kappa shape index (κ1) is 15.8. The van der Waals surface area contributed by atoms with E-state index in [1.165, 1.54) is 11.3 Å². The average molecular weight is 320 g/mol. The minimum absolute atomic E-state index is 0.246. The van der Waals surface area contributed by atoms with Crippen molar-refractivity contribution >= 4 is 17.7 Å². The second-order valence-electron chi connectivity index (χ2n) is 6.05. The summed E-state index contributed by atoms with van der Waals surface area (Å²) in [6.45, 7) is 1.63. The van der Waals surface area contributed by atoms with Crippen molar-refractivity contribution in [2.75, 3.05) is 24.7 Å². The Morgan fingerprint density at radius 2 is 2.23 bits per heavy atom. The van der Waals surface area contributed by atoms with Gasteiger partial charge in [-0.3, -0.25) is 9.78 Å². The number of aryl methyl sites for hydroxylation is 1. The third-order valence-corrected chi connectivity index (χ3v) is 5.61. The lowest BCUT2D eigenvalue weighted by molar-refractivity contribution is -0.134. The number of amides is 1. The number of pyridine rings is 1. The molecule has 3 heterocycles. The van der Waals surface area contributed by atoms with E-state index in [0.717, 1.165) is 44.6 Å². The van der Waals surface area contributed by atoms with Crippen molar-refractivity contribution < 1.29 is 9.53 Å². The number of ether oxygens (including phenoxy) is 1. The molecule has 4 nitrogen and oxygen atoms in total. The van der Waals surface area contributed by atoms with Gasteiger partial charge in [0.15, 0.2) is 0 Å². The lowest BCUT2D eigenvalue weighted by Gasteiger charge is -2.31. The van der Waals surface area contributed by atoms with Crippen LogP contribution >= 0.6 is 11.8 Å². The van der Waals surface area contributed by atoms with Crippen LogP contribution in [-0.2, 0) is 16.0 Å². The highest BCUT2D eigenvalue weighted by molar-refractivity contribution is 7.99. The molecule has 0 spiro atoms. The van der Waals surface area contributed by atoms with Gasteiger partial charge in [0.25, 0.3) is 0 Å². The fraction of sp³-hybridized carbons (Fsp3) is 0.647. The van der Waals surface area contributed by atoms with Gasteiger partial charge in [0, 0.05) is 43.8 Å². The smallest absolute Gasteiger partial charge is 0.223 e. The van der Waals surface area contributed by atoms with Crippen LogP contribution in [0.25, 0.3) is 0 Å². The van der Waals surface area contributed by atoms with E-state index in [1.807, 2.05) is 23.9 Å². The van der Waals surface area contributed by atoms with E-state index in [9.17, 15) is 4.79 Å². The van der Waals surface area contributed by atoms with Gasteiger partial charge < -0.3 is 9.64 Å². The fourth-order valence-corrected chi connectivity index (χ4v) is 4.40. The van der Waals surface area contributed by atoms with Crippen molar-refractivity contribution in [3.8, 4) is 0 Å². The molecular weight excluding hydrogens is 296 g/mol. The van der Waals surface area contributed by atoms with Crippen molar-refractivity contribution in [2.45, 2.75) is 44.2 Å². The quantitative estimate of drug-likeness (QED) is 0.808. The highest BCUT2D eigenvalue weighted by atomic mass is 32.2. The van der Waals surface area contributed by atoms with E-state index in [-0.39, 0.29) is 12.0 Å². The number of hydrogen-bond donors (Lipinski definition) is 0. The zero-order chi connectivity index (χ0) is 15.2. The van der Waals surface area contributed by atoms with E-state index < -0.39 is 0 Å². The van der Waals surface area contributed by atoms with E-state index in [0.29, 0.717) is 12.5 Å². The van der Waals surface area contributed by atoms with Gasteiger partial charge in [-0.15, -0.1) is 0 Å². The van der Waals surface area contributed by atoms with Gasteiger partial charge in [-0.2, -0.15) is 11.8 Å². The first-order valence-corrected chi connectivity index (χ1v) is 9.36. The third kappa shape index (κ3) is 4.23. The van der Waals surface area contributed by atoms with Gasteiger partial charge >= 0.3 is 0 Å². The summed E-state index contributed by atoms with van der Waals surface area (Å²) in [5, 5.41) is 0. The summed E-state index contributed by atoms with van der Waals surface area (Å²) in [7, 11) is 0. The van der Waals surface area contributed by atoms with Crippen molar-refractivity contribution in [2.24, 2.45) is 0 Å². The van der Waals surface area contributed by atoms with E-state index in [2.05, 4.69) is 9.88 Å². The van der Waals surface area contributed by atoms with Crippen LogP contribution in [0.4, 0.5) is 0 Å². The summed E-state index contributed by atoms with van der Waals surface area (Å²) in [6.07, 6.45) is 8.54. The molecule has 120 valence electrons. The third-order valence-electron chi connectivity index (χ3n) is 4.47. The van der Waals surface area contributed by atoms with Crippen LogP contribution in [0.1, 0.15) is 31.2 Å². The second kappa shape index (κ2) is 7.97. The monoisotopic (exact) mass is 320 g/mol. The Morgan fingerprint density at radius 3 is 2.91 bits per heavy atom. The molecule has 2 saturated heterocycles. The first-order valence-electron chi connectivity index (χ1n) is 8.20. The Balaban J connectivity index is 1.58. The molecule has 3 rings (SSSR count). The summed E-state index contributed by atoms with van der Waals surface area (Å²) in [5.41, 5.74) is 1.18. The maximum atomic E-state index is 12.7. The number of carbonyl (C=O) groups excluding carboxylic acids is 1. The minimum Gasteiger partial charge on any atom is -0.376 e. The van der Waals surface area contributed by atoms with Crippen LogP contribution in [0, 0.1) is 0 Å². The molecule has 1 aromatic heterocycles. The maximum Gasteiger partial charge on any atom is 0.223 e. The summed E-state index contributed by atoms with van der Waals surface area (Å²) >= 11 is 1.96. The summed E-state index contributed by atoms with van der Waals surface area (Å²) in [5.74, 6) is 2.53. The van der Waals surface area contributed by atoms with Gasteiger partial charge in [0.1, 0.15) is 0 Å². The number of carbonyl (C=O) groups is 1. The Hall–Kier alpha value is -1.07. The fourth-order valence-electron chi connectivity index (χ4n) is 3.17. The van der Waals surface area contributed by atoms with Crippen LogP contribution in [0.15, 0.2) is 24.5 Å². The summed E-state index contributed by atoms with van der Waals surface area (Å²) in [6, 6.07) is 4.38. The molecule has 1 amide bonds. The number of rotatable bonds is 6. The lowest BCUT2D eigenvalue weighted by Crippen LogP contribution is -2.44. The summed E-state index contributed by atoms with van der Waals surface area (Å²) in [4.78, 5) is 18.9. The molecule has 2 aliphatic rings. The normalized spacial score (nSPS) is 24.5. The van der Waals surface area contributed by atoms with Crippen molar-refractivity contribution in [1.82, 2.24) is 9.88 Å². The Bertz CT molecular complexity index is 471. The molecule has 1 aromatic rings.